The fourth-order valence-corrected chi connectivity index (χ4v) is 1.48. The zero-order chi connectivity index (χ0) is 11.8. The number of benzene rings is 1. The van der Waals surface area contributed by atoms with E-state index in [1.54, 1.807) is 0 Å². The third-order valence-electron chi connectivity index (χ3n) is 2.23. The Hall–Kier alpha value is -1.55. The molecule has 16 heavy (non-hydrogen) atoms. The summed E-state index contributed by atoms with van der Waals surface area (Å²) >= 11 is 0. The quantitative estimate of drug-likeness (QED) is 0.306. The molecule has 0 heterocycles. The van der Waals surface area contributed by atoms with Gasteiger partial charge in [-0.3, -0.25) is 10.4 Å². The molecular formula is C12H20N4. The molecule has 0 aromatic heterocycles. The molecule has 0 saturated carbocycles. The molecule has 4 heteroatoms. The van der Waals surface area contributed by atoms with Gasteiger partial charge in [-0.15, -0.1) is 0 Å². The maximum absolute atomic E-state index is 5.32. The zero-order valence-electron chi connectivity index (χ0n) is 9.96. The van der Waals surface area contributed by atoms with Crippen molar-refractivity contribution in [3.8, 4) is 0 Å². The van der Waals surface area contributed by atoms with Crippen LogP contribution in [0, 0.1) is 6.92 Å². The van der Waals surface area contributed by atoms with Crippen molar-refractivity contribution < 1.29 is 0 Å². The van der Waals surface area contributed by atoms with Gasteiger partial charge in [0, 0.05) is 13.1 Å². The van der Waals surface area contributed by atoms with Gasteiger partial charge in [0.25, 0.3) is 0 Å². The SMILES string of the molecule is CCNC(=NCCc1cccc(C)c1)NN. The maximum atomic E-state index is 5.32. The lowest BCUT2D eigenvalue weighted by Crippen LogP contribution is -2.41. The van der Waals surface area contributed by atoms with Crippen LogP contribution in [-0.2, 0) is 6.42 Å². The van der Waals surface area contributed by atoms with Crippen LogP contribution in [-0.4, -0.2) is 19.0 Å². The van der Waals surface area contributed by atoms with Crippen molar-refractivity contribution in [3.63, 3.8) is 0 Å². The highest BCUT2D eigenvalue weighted by molar-refractivity contribution is 5.79. The van der Waals surface area contributed by atoms with E-state index in [1.165, 1.54) is 11.1 Å². The monoisotopic (exact) mass is 220 g/mol. The summed E-state index contributed by atoms with van der Waals surface area (Å²) in [6.07, 6.45) is 0.929. The zero-order valence-corrected chi connectivity index (χ0v) is 9.96. The van der Waals surface area contributed by atoms with Gasteiger partial charge in [-0.1, -0.05) is 29.8 Å². The predicted octanol–water partition coefficient (Wildman–Crippen LogP) is 0.966. The van der Waals surface area contributed by atoms with Gasteiger partial charge in [0.15, 0.2) is 0 Å². The number of hydrazine groups is 1. The van der Waals surface area contributed by atoms with Gasteiger partial charge in [-0.2, -0.15) is 0 Å². The first-order valence-corrected chi connectivity index (χ1v) is 5.56. The Bertz CT molecular complexity index is 347. The van der Waals surface area contributed by atoms with E-state index in [9.17, 15) is 0 Å². The number of guanidine groups is 1. The van der Waals surface area contributed by atoms with Crippen molar-refractivity contribution >= 4 is 5.96 Å². The standard InChI is InChI=1S/C12H20N4/c1-3-14-12(16-13)15-8-7-11-6-4-5-10(2)9-11/h4-6,9H,3,7-8,13H2,1-2H3,(H2,14,15,16). The highest BCUT2D eigenvalue weighted by Gasteiger charge is 1.94. The van der Waals surface area contributed by atoms with Crippen LogP contribution < -0.4 is 16.6 Å². The van der Waals surface area contributed by atoms with Crippen LogP contribution in [0.25, 0.3) is 0 Å². The smallest absolute Gasteiger partial charge is 0.205 e. The molecule has 0 aliphatic carbocycles. The first-order chi connectivity index (χ1) is 7.76. The summed E-state index contributed by atoms with van der Waals surface area (Å²) in [5.41, 5.74) is 5.12. The molecule has 88 valence electrons. The molecule has 4 N–H and O–H groups in total. The number of hydrogen-bond donors (Lipinski definition) is 3. The van der Waals surface area contributed by atoms with Crippen molar-refractivity contribution in [2.45, 2.75) is 20.3 Å². The lowest BCUT2D eigenvalue weighted by molar-refractivity contribution is 0.844. The minimum absolute atomic E-state index is 0.648. The molecule has 0 saturated heterocycles. The van der Waals surface area contributed by atoms with E-state index in [4.69, 9.17) is 5.84 Å². The second-order valence-corrected chi connectivity index (χ2v) is 3.64. The maximum Gasteiger partial charge on any atom is 0.205 e. The molecule has 4 nitrogen and oxygen atoms in total. The van der Waals surface area contributed by atoms with Crippen molar-refractivity contribution in [3.05, 3.63) is 35.4 Å². The fourth-order valence-electron chi connectivity index (χ4n) is 1.48. The Labute approximate surface area is 96.9 Å². The van der Waals surface area contributed by atoms with E-state index < -0.39 is 0 Å². The first kappa shape index (κ1) is 12.5. The Morgan fingerprint density at radius 1 is 1.44 bits per heavy atom. The van der Waals surface area contributed by atoms with E-state index in [0.29, 0.717) is 5.96 Å². The number of aliphatic imine (C=N–C) groups is 1. The summed E-state index contributed by atoms with van der Waals surface area (Å²) in [6.45, 7) is 5.65. The summed E-state index contributed by atoms with van der Waals surface area (Å²) in [5.74, 6) is 5.97. The molecule has 0 amide bonds. The van der Waals surface area contributed by atoms with Gasteiger partial charge < -0.3 is 5.32 Å². The lowest BCUT2D eigenvalue weighted by Gasteiger charge is -2.06. The summed E-state index contributed by atoms with van der Waals surface area (Å²) in [5, 5.41) is 3.04. The number of nitrogens with zero attached hydrogens (tertiary/aromatic N) is 1. The van der Waals surface area contributed by atoms with Gasteiger partial charge in [-0.25, -0.2) is 5.84 Å². The minimum Gasteiger partial charge on any atom is -0.356 e. The molecule has 0 atom stereocenters. The van der Waals surface area contributed by atoms with Crippen LogP contribution in [0.1, 0.15) is 18.1 Å². The second kappa shape index (κ2) is 6.85. The summed E-state index contributed by atoms with van der Waals surface area (Å²) in [6, 6.07) is 8.46. The van der Waals surface area contributed by atoms with E-state index in [0.717, 1.165) is 19.5 Å². The fraction of sp³-hybridized carbons (Fsp3) is 0.417. The molecule has 0 aliphatic heterocycles. The Morgan fingerprint density at radius 2 is 2.25 bits per heavy atom. The average molecular weight is 220 g/mol. The third kappa shape index (κ3) is 4.31. The normalized spacial score (nSPS) is 11.3. The van der Waals surface area contributed by atoms with Gasteiger partial charge in [0.2, 0.25) is 5.96 Å². The number of hydrogen-bond acceptors (Lipinski definition) is 2. The summed E-state index contributed by atoms with van der Waals surface area (Å²) in [7, 11) is 0. The van der Waals surface area contributed by atoms with Gasteiger partial charge in [0.05, 0.1) is 0 Å². The van der Waals surface area contributed by atoms with Crippen LogP contribution in [0.5, 0.6) is 0 Å². The molecule has 0 bridgehead atoms. The Kier molecular flexibility index (Phi) is 5.36. The van der Waals surface area contributed by atoms with E-state index in [2.05, 4.69) is 46.9 Å². The van der Waals surface area contributed by atoms with Crippen molar-refractivity contribution in [1.29, 1.82) is 0 Å². The largest absolute Gasteiger partial charge is 0.356 e. The highest BCUT2D eigenvalue weighted by Crippen LogP contribution is 2.04. The van der Waals surface area contributed by atoms with E-state index in [1.807, 2.05) is 6.92 Å². The van der Waals surface area contributed by atoms with Crippen molar-refractivity contribution in [1.82, 2.24) is 10.7 Å². The number of nitrogens with two attached hydrogens (primary N) is 1. The molecule has 1 aromatic rings. The topological polar surface area (TPSA) is 62.4 Å². The van der Waals surface area contributed by atoms with Gasteiger partial charge >= 0.3 is 0 Å². The molecule has 1 rings (SSSR count). The van der Waals surface area contributed by atoms with E-state index >= 15 is 0 Å². The first-order valence-electron chi connectivity index (χ1n) is 5.56. The molecule has 0 aliphatic rings. The Balaban J connectivity index is 2.45. The minimum atomic E-state index is 0.648. The molecule has 1 aromatic carbocycles. The predicted molar refractivity (Wildman–Crippen MR) is 68.2 cm³/mol. The van der Waals surface area contributed by atoms with Crippen LogP contribution in [0.2, 0.25) is 0 Å². The summed E-state index contributed by atoms with van der Waals surface area (Å²) < 4.78 is 0. The highest BCUT2D eigenvalue weighted by atomic mass is 15.3. The van der Waals surface area contributed by atoms with E-state index in [-0.39, 0.29) is 0 Å². The number of rotatable bonds is 4. The molecule has 0 fully saturated rings. The number of aryl methyl sites for hydroxylation is 1. The van der Waals surface area contributed by atoms with Gasteiger partial charge in [0.1, 0.15) is 0 Å². The Morgan fingerprint density at radius 3 is 2.88 bits per heavy atom. The lowest BCUT2D eigenvalue weighted by atomic mass is 10.1. The molecule has 0 unspecified atom stereocenters. The van der Waals surface area contributed by atoms with Crippen LogP contribution in [0.3, 0.4) is 0 Å². The third-order valence-corrected chi connectivity index (χ3v) is 2.23. The average Bonchev–Trinajstić information content (AvgIpc) is 2.28. The van der Waals surface area contributed by atoms with Crippen LogP contribution >= 0.6 is 0 Å². The van der Waals surface area contributed by atoms with Gasteiger partial charge in [-0.05, 0) is 25.8 Å². The van der Waals surface area contributed by atoms with Crippen molar-refractivity contribution in [2.24, 2.45) is 10.8 Å². The second-order valence-electron chi connectivity index (χ2n) is 3.64. The van der Waals surface area contributed by atoms with Crippen LogP contribution in [0.4, 0.5) is 0 Å². The summed E-state index contributed by atoms with van der Waals surface area (Å²) in [4.78, 5) is 4.33. The molecule has 0 radical (unpaired) electrons. The number of nitrogens with one attached hydrogen (secondary N) is 2. The molecule has 0 spiro atoms. The van der Waals surface area contributed by atoms with Crippen LogP contribution in [0.15, 0.2) is 29.3 Å². The van der Waals surface area contributed by atoms with Crippen molar-refractivity contribution in [2.75, 3.05) is 13.1 Å². The molecular weight excluding hydrogens is 200 g/mol.